The van der Waals surface area contributed by atoms with Crippen LogP contribution in [0.1, 0.15) is 35.1 Å². The third kappa shape index (κ3) is 3.92. The highest BCUT2D eigenvalue weighted by molar-refractivity contribution is 7.90. The van der Waals surface area contributed by atoms with Crippen LogP contribution in [0, 0.1) is 0 Å². The molecule has 0 amide bonds. The Bertz CT molecular complexity index is 836. The Balaban J connectivity index is 1.84. The summed E-state index contributed by atoms with van der Waals surface area (Å²) in [4.78, 5) is 5.48. The van der Waals surface area contributed by atoms with Gasteiger partial charge >= 0.3 is 0 Å². The van der Waals surface area contributed by atoms with Crippen LogP contribution >= 0.6 is 11.3 Å². The van der Waals surface area contributed by atoms with Crippen LogP contribution in [-0.2, 0) is 9.84 Å². The normalized spacial score (nSPS) is 14.6. The zero-order valence-electron chi connectivity index (χ0n) is 13.1. The summed E-state index contributed by atoms with van der Waals surface area (Å²) < 4.78 is 29.8. The highest BCUT2D eigenvalue weighted by Gasteiger charge is 2.24. The van der Waals surface area contributed by atoms with Crippen LogP contribution in [0.25, 0.3) is 0 Å². The number of hydrogen-bond acceptors (Lipinski definition) is 7. The molecule has 3 rings (SSSR count). The van der Waals surface area contributed by atoms with Gasteiger partial charge in [0, 0.05) is 23.5 Å². The third-order valence-electron chi connectivity index (χ3n) is 3.56. The van der Waals surface area contributed by atoms with E-state index in [1.54, 1.807) is 11.3 Å². The second-order valence-corrected chi connectivity index (χ2v) is 8.80. The van der Waals surface area contributed by atoms with Gasteiger partial charge in [0.15, 0.2) is 5.82 Å². The smallest absolute Gasteiger partial charge is 0.243 e. The van der Waals surface area contributed by atoms with Crippen molar-refractivity contribution in [3.63, 3.8) is 0 Å². The van der Waals surface area contributed by atoms with Crippen molar-refractivity contribution in [3.8, 4) is 0 Å². The Morgan fingerprint density at radius 1 is 1.33 bits per heavy atom. The molecule has 0 saturated heterocycles. The number of nitrogens with two attached hydrogens (primary N) is 1. The second kappa shape index (κ2) is 6.88. The average Bonchev–Trinajstić information content (AvgIpc) is 3.27. The molecule has 2 N–H and O–H groups in total. The molecule has 7 nitrogen and oxygen atoms in total. The largest absolute Gasteiger partial charge is 0.339 e. The van der Waals surface area contributed by atoms with Gasteiger partial charge in [-0.1, -0.05) is 11.2 Å². The lowest BCUT2D eigenvalue weighted by Gasteiger charge is -2.13. The number of hydrogen-bond donors (Lipinski definition) is 1. The molecule has 0 fully saturated rings. The average molecular weight is 366 g/mol. The van der Waals surface area contributed by atoms with Gasteiger partial charge < -0.3 is 14.8 Å². The number of thiophene rings is 1. The summed E-state index contributed by atoms with van der Waals surface area (Å²) in [6.07, 6.45) is 5.29. The molecule has 0 aromatic carbocycles. The summed E-state index contributed by atoms with van der Waals surface area (Å²) in [5.41, 5.74) is 5.99. The van der Waals surface area contributed by atoms with Gasteiger partial charge in [0.05, 0.1) is 11.8 Å². The van der Waals surface area contributed by atoms with E-state index < -0.39 is 15.9 Å². The molecule has 3 aromatic heterocycles. The van der Waals surface area contributed by atoms with Crippen LogP contribution in [0.5, 0.6) is 0 Å². The molecule has 0 spiro atoms. The van der Waals surface area contributed by atoms with Crippen molar-refractivity contribution < 1.29 is 12.9 Å². The first-order valence-corrected chi connectivity index (χ1v) is 10.3. The van der Waals surface area contributed by atoms with E-state index in [0.29, 0.717) is 5.82 Å². The molecule has 2 atom stereocenters. The van der Waals surface area contributed by atoms with E-state index in [2.05, 4.69) is 10.1 Å². The molecule has 0 radical (unpaired) electrons. The fourth-order valence-corrected chi connectivity index (χ4v) is 3.86. The van der Waals surface area contributed by atoms with Gasteiger partial charge in [0.2, 0.25) is 5.89 Å². The van der Waals surface area contributed by atoms with Gasteiger partial charge in [-0.15, -0.1) is 11.3 Å². The molecule has 0 bridgehead atoms. The second-order valence-electron chi connectivity index (χ2n) is 5.56. The van der Waals surface area contributed by atoms with E-state index in [1.165, 1.54) is 6.26 Å². The third-order valence-corrected chi connectivity index (χ3v) is 5.46. The standard InChI is InChI=1S/C15H18N4O3S2/c1-24(20,21)10-6-11(16)15-17-14(18-22-15)13(12-5-4-9-23-12)19-7-2-3-8-19/h2-5,7-9,11,13H,6,10,16H2,1H3/t11-,13-/m1/s1. The summed E-state index contributed by atoms with van der Waals surface area (Å²) in [5.74, 6) is 0.735. The van der Waals surface area contributed by atoms with Crippen molar-refractivity contribution in [1.29, 1.82) is 0 Å². The van der Waals surface area contributed by atoms with E-state index in [0.717, 1.165) is 4.88 Å². The number of aromatic nitrogens is 3. The van der Waals surface area contributed by atoms with Crippen molar-refractivity contribution in [2.45, 2.75) is 18.5 Å². The van der Waals surface area contributed by atoms with Gasteiger partial charge in [0.1, 0.15) is 15.9 Å². The Morgan fingerprint density at radius 2 is 2.08 bits per heavy atom. The van der Waals surface area contributed by atoms with Gasteiger partial charge in [-0.05, 0) is 30.0 Å². The lowest BCUT2D eigenvalue weighted by atomic mass is 10.2. The van der Waals surface area contributed by atoms with Gasteiger partial charge in [-0.3, -0.25) is 0 Å². The first-order chi connectivity index (χ1) is 11.4. The van der Waals surface area contributed by atoms with E-state index in [-0.39, 0.29) is 24.1 Å². The Hall–Kier alpha value is -1.97. The van der Waals surface area contributed by atoms with E-state index in [1.807, 2.05) is 46.6 Å². The van der Waals surface area contributed by atoms with Crippen LogP contribution in [-0.4, -0.2) is 35.1 Å². The van der Waals surface area contributed by atoms with Crippen LogP contribution in [0.15, 0.2) is 46.6 Å². The van der Waals surface area contributed by atoms with Crippen LogP contribution in [0.4, 0.5) is 0 Å². The minimum Gasteiger partial charge on any atom is -0.339 e. The molecular formula is C15H18N4O3S2. The Labute approximate surface area is 144 Å². The van der Waals surface area contributed by atoms with Gasteiger partial charge in [-0.2, -0.15) is 4.98 Å². The predicted molar refractivity (Wildman–Crippen MR) is 91.5 cm³/mol. The highest BCUT2D eigenvalue weighted by atomic mass is 32.2. The van der Waals surface area contributed by atoms with E-state index in [9.17, 15) is 8.42 Å². The van der Waals surface area contributed by atoms with Crippen LogP contribution in [0.3, 0.4) is 0 Å². The fourth-order valence-electron chi connectivity index (χ4n) is 2.35. The number of sulfone groups is 1. The molecule has 0 aliphatic carbocycles. The minimum atomic E-state index is -3.08. The van der Waals surface area contributed by atoms with Crippen molar-refractivity contribution in [3.05, 3.63) is 58.6 Å². The zero-order chi connectivity index (χ0) is 17.2. The SMILES string of the molecule is CS(=O)(=O)CC[C@@H](N)c1nc([C@@H](c2cccs2)n2cccc2)no1. The van der Waals surface area contributed by atoms with Gasteiger partial charge in [0.25, 0.3) is 0 Å². The molecule has 0 unspecified atom stereocenters. The Morgan fingerprint density at radius 3 is 2.71 bits per heavy atom. The summed E-state index contributed by atoms with van der Waals surface area (Å²) in [7, 11) is -3.08. The van der Waals surface area contributed by atoms with Crippen molar-refractivity contribution >= 4 is 21.2 Å². The predicted octanol–water partition coefficient (Wildman–Crippen LogP) is 2.00. The molecule has 0 saturated carbocycles. The monoisotopic (exact) mass is 366 g/mol. The summed E-state index contributed by atoms with van der Waals surface area (Å²) in [6, 6.07) is 7.04. The highest BCUT2D eigenvalue weighted by Crippen LogP contribution is 2.29. The summed E-state index contributed by atoms with van der Waals surface area (Å²) in [5, 5.41) is 6.05. The molecule has 3 aromatic rings. The van der Waals surface area contributed by atoms with Gasteiger partial charge in [-0.25, -0.2) is 8.42 Å². The van der Waals surface area contributed by atoms with E-state index in [4.69, 9.17) is 10.3 Å². The van der Waals surface area contributed by atoms with Crippen LogP contribution in [0.2, 0.25) is 0 Å². The van der Waals surface area contributed by atoms with Crippen molar-refractivity contribution in [2.24, 2.45) is 5.73 Å². The maximum Gasteiger partial charge on any atom is 0.243 e. The van der Waals surface area contributed by atoms with E-state index >= 15 is 0 Å². The minimum absolute atomic E-state index is 0.0160. The molecule has 0 aliphatic heterocycles. The summed E-state index contributed by atoms with van der Waals surface area (Å²) in [6.45, 7) is 0. The zero-order valence-corrected chi connectivity index (χ0v) is 14.7. The number of nitrogens with zero attached hydrogens (tertiary/aromatic N) is 3. The molecule has 3 heterocycles. The first-order valence-electron chi connectivity index (χ1n) is 7.37. The first kappa shape index (κ1) is 16.9. The molecule has 9 heteroatoms. The number of rotatable bonds is 7. The lowest BCUT2D eigenvalue weighted by Crippen LogP contribution is -2.16. The molecule has 24 heavy (non-hydrogen) atoms. The van der Waals surface area contributed by atoms with Crippen molar-refractivity contribution in [2.75, 3.05) is 12.0 Å². The van der Waals surface area contributed by atoms with Crippen LogP contribution < -0.4 is 5.73 Å². The summed E-state index contributed by atoms with van der Waals surface area (Å²) >= 11 is 1.60. The molecular weight excluding hydrogens is 348 g/mol. The maximum absolute atomic E-state index is 11.3. The van der Waals surface area contributed by atoms with Crippen molar-refractivity contribution in [1.82, 2.24) is 14.7 Å². The topological polar surface area (TPSA) is 104 Å². The maximum atomic E-state index is 11.3. The fraction of sp³-hybridized carbons (Fsp3) is 0.333. The molecule has 0 aliphatic rings. The lowest BCUT2D eigenvalue weighted by molar-refractivity contribution is 0.346. The Kier molecular flexibility index (Phi) is 4.83. The molecule has 128 valence electrons. The quantitative estimate of drug-likeness (QED) is 0.686.